The summed E-state index contributed by atoms with van der Waals surface area (Å²) < 4.78 is 7.14. The molecule has 3 nitrogen and oxygen atoms in total. The molecule has 0 aliphatic rings. The van der Waals surface area contributed by atoms with Crippen LogP contribution in [-0.4, -0.2) is 12.2 Å². The smallest absolute Gasteiger partial charge is 0.119 e. The van der Waals surface area contributed by atoms with Crippen LogP contribution in [0, 0.1) is 0 Å². The topological polar surface area (TPSA) is 32.7 Å². The molecule has 0 spiro atoms. The second-order valence-electron chi connectivity index (χ2n) is 7.21. The Kier molecular flexibility index (Phi) is 7.05. The van der Waals surface area contributed by atoms with Gasteiger partial charge in [-0.15, -0.1) is 0 Å². The summed E-state index contributed by atoms with van der Waals surface area (Å²) in [6.07, 6.45) is 0.893. The predicted molar refractivity (Wildman–Crippen MR) is 125 cm³/mol. The van der Waals surface area contributed by atoms with E-state index < -0.39 is 0 Å². The Hall–Kier alpha value is -2.22. The molecule has 5 heteroatoms. The third kappa shape index (κ3) is 5.04. The maximum atomic E-state index is 10.6. The number of aromatic hydroxyl groups is 1. The normalized spacial score (nSPS) is 13.4. The quantitative estimate of drug-likeness (QED) is 0.343. The average Bonchev–Trinajstić information content (AvgIpc) is 2.76. The van der Waals surface area contributed by atoms with E-state index in [4.69, 9.17) is 16.5 Å². The molecule has 0 bridgehead atoms. The van der Waals surface area contributed by atoms with Crippen molar-refractivity contribution in [3.05, 3.63) is 83.9 Å². The number of phenols is 1. The number of hydrogen-bond acceptors (Lipinski definition) is 3. The van der Waals surface area contributed by atoms with Crippen molar-refractivity contribution >= 4 is 31.3 Å². The van der Waals surface area contributed by atoms with E-state index in [0.29, 0.717) is 20.9 Å². The van der Waals surface area contributed by atoms with Gasteiger partial charge < -0.3 is 9.84 Å². The highest BCUT2D eigenvalue weighted by Gasteiger charge is 2.29. The van der Waals surface area contributed by atoms with Crippen molar-refractivity contribution in [2.24, 2.45) is 0 Å². The van der Waals surface area contributed by atoms with E-state index in [0.717, 1.165) is 23.4 Å². The van der Waals surface area contributed by atoms with Crippen molar-refractivity contribution in [3.63, 3.8) is 0 Å². The molecule has 0 aliphatic heterocycles. The van der Waals surface area contributed by atoms with Crippen LogP contribution in [0.1, 0.15) is 31.4 Å². The first-order valence-electron chi connectivity index (χ1n) is 9.69. The monoisotopic (exact) mass is 427 g/mol. The van der Waals surface area contributed by atoms with E-state index in [1.165, 1.54) is 10.9 Å². The summed E-state index contributed by atoms with van der Waals surface area (Å²) in [5, 5.41) is 11.6. The molecule has 0 amide bonds. The van der Waals surface area contributed by atoms with Crippen molar-refractivity contribution in [2.45, 2.75) is 32.0 Å². The summed E-state index contributed by atoms with van der Waals surface area (Å²) in [7, 11) is 2.12. The Labute approximate surface area is 180 Å². The first-order chi connectivity index (χ1) is 14.0. The van der Waals surface area contributed by atoms with Crippen molar-refractivity contribution < 1.29 is 9.84 Å². The molecule has 0 aliphatic carbocycles. The highest BCUT2D eigenvalue weighted by Crippen LogP contribution is 2.48. The minimum Gasteiger partial charge on any atom is -0.508 e. The van der Waals surface area contributed by atoms with Gasteiger partial charge in [-0.05, 0) is 47.6 Å². The van der Waals surface area contributed by atoms with Crippen molar-refractivity contribution in [1.82, 2.24) is 0 Å². The van der Waals surface area contributed by atoms with Crippen molar-refractivity contribution in [2.75, 3.05) is 11.5 Å². The summed E-state index contributed by atoms with van der Waals surface area (Å²) in [4.78, 5) is 0. The Morgan fingerprint density at radius 2 is 1.72 bits per heavy atom. The summed E-state index contributed by atoms with van der Waals surface area (Å²) >= 11 is 6.58. The van der Waals surface area contributed by atoms with Gasteiger partial charge in [0.05, 0.1) is 19.3 Å². The number of anilines is 1. The van der Waals surface area contributed by atoms with Gasteiger partial charge in [-0.3, -0.25) is 4.42 Å². The van der Waals surface area contributed by atoms with Crippen LogP contribution >= 0.6 is 20.4 Å². The minimum absolute atomic E-state index is 0.210. The number of phenolic OH excluding ortho intramolecular Hbond substituents is 1. The van der Waals surface area contributed by atoms with Crippen LogP contribution < -0.4 is 14.5 Å². The Morgan fingerprint density at radius 3 is 2.41 bits per heavy atom. The number of ether oxygens (including phenoxy) is 1. The molecular weight excluding hydrogens is 401 g/mol. The molecule has 2 atom stereocenters. The Bertz CT molecular complexity index is 951. The highest BCUT2D eigenvalue weighted by molar-refractivity contribution is 7.48. The SMILES string of the molecule is CCC(C)(Pc1ccccc1CN(Cl)c1ccccc1)c1cc(OC)ccc1O. The van der Waals surface area contributed by atoms with Gasteiger partial charge in [-0.2, -0.15) is 0 Å². The lowest BCUT2D eigenvalue weighted by atomic mass is 9.96. The maximum absolute atomic E-state index is 10.6. The lowest BCUT2D eigenvalue weighted by molar-refractivity contribution is 0.408. The van der Waals surface area contributed by atoms with Crippen LogP contribution in [0.15, 0.2) is 72.8 Å². The Balaban J connectivity index is 1.91. The van der Waals surface area contributed by atoms with E-state index >= 15 is 0 Å². The van der Waals surface area contributed by atoms with Crippen LogP contribution in [-0.2, 0) is 11.7 Å². The number of rotatable bonds is 8. The molecular formula is C24H27ClNO2P. The average molecular weight is 428 g/mol. The molecule has 0 saturated carbocycles. The zero-order chi connectivity index (χ0) is 20.9. The number of nitrogens with zero attached hydrogens (tertiary/aromatic N) is 1. The molecule has 3 aromatic carbocycles. The Morgan fingerprint density at radius 1 is 1.03 bits per heavy atom. The second-order valence-corrected chi connectivity index (χ2v) is 9.51. The van der Waals surface area contributed by atoms with Gasteiger partial charge in [0.25, 0.3) is 0 Å². The van der Waals surface area contributed by atoms with Gasteiger partial charge in [0.2, 0.25) is 0 Å². The second kappa shape index (κ2) is 9.52. The zero-order valence-corrected chi connectivity index (χ0v) is 18.8. The van der Waals surface area contributed by atoms with E-state index in [9.17, 15) is 5.11 Å². The van der Waals surface area contributed by atoms with Crippen LogP contribution in [0.5, 0.6) is 11.5 Å². The van der Waals surface area contributed by atoms with Crippen molar-refractivity contribution in [3.8, 4) is 11.5 Å². The van der Waals surface area contributed by atoms with Gasteiger partial charge in [0, 0.05) is 22.5 Å². The van der Waals surface area contributed by atoms with Gasteiger partial charge in [-0.25, -0.2) is 0 Å². The molecule has 3 rings (SSSR count). The van der Waals surface area contributed by atoms with Gasteiger partial charge in [0.15, 0.2) is 0 Å². The van der Waals surface area contributed by atoms with E-state index in [-0.39, 0.29) is 5.16 Å². The lowest BCUT2D eigenvalue weighted by Crippen LogP contribution is -2.22. The molecule has 0 radical (unpaired) electrons. The first-order valence-corrected chi connectivity index (χ1v) is 11.0. The van der Waals surface area contributed by atoms with Crippen molar-refractivity contribution in [1.29, 1.82) is 0 Å². The molecule has 1 N–H and O–H groups in total. The number of para-hydroxylation sites is 1. The van der Waals surface area contributed by atoms with Gasteiger partial charge in [-0.1, -0.05) is 64.9 Å². The molecule has 3 aromatic rings. The standard InChI is InChI=1S/C24H27ClNO2P/c1-4-24(2,21-16-20(28-3)14-15-22(21)27)29-23-13-9-8-10-18(23)17-26(25)19-11-6-5-7-12-19/h5-16,27,29H,4,17H2,1-3H3. The fourth-order valence-electron chi connectivity index (χ4n) is 3.34. The van der Waals surface area contributed by atoms with Crippen LogP contribution in [0.4, 0.5) is 5.69 Å². The highest BCUT2D eigenvalue weighted by atomic mass is 35.5. The molecule has 0 heterocycles. The third-order valence-electron chi connectivity index (χ3n) is 5.28. The molecule has 152 valence electrons. The zero-order valence-electron chi connectivity index (χ0n) is 17.0. The predicted octanol–water partition coefficient (Wildman–Crippen LogP) is 6.19. The number of benzene rings is 3. The summed E-state index contributed by atoms with van der Waals surface area (Å²) in [5.41, 5.74) is 3.07. The third-order valence-corrected chi connectivity index (χ3v) is 7.53. The fraction of sp³-hybridized carbons (Fsp3) is 0.250. The first kappa shape index (κ1) is 21.5. The van der Waals surface area contributed by atoms with Crippen LogP contribution in [0.25, 0.3) is 0 Å². The number of hydrogen-bond donors (Lipinski definition) is 1. The van der Waals surface area contributed by atoms with Crippen LogP contribution in [0.2, 0.25) is 0 Å². The lowest BCUT2D eigenvalue weighted by Gasteiger charge is -2.31. The van der Waals surface area contributed by atoms with E-state index in [1.54, 1.807) is 23.7 Å². The fourth-order valence-corrected chi connectivity index (χ4v) is 5.19. The summed E-state index contributed by atoms with van der Waals surface area (Å²) in [6.45, 7) is 4.97. The molecule has 0 saturated heterocycles. The van der Waals surface area contributed by atoms with E-state index in [2.05, 4.69) is 32.0 Å². The summed E-state index contributed by atoms with van der Waals surface area (Å²) in [6, 6.07) is 23.8. The molecule has 0 aromatic heterocycles. The van der Waals surface area contributed by atoms with Gasteiger partial charge >= 0.3 is 0 Å². The summed E-state index contributed by atoms with van der Waals surface area (Å²) in [5.74, 6) is 1.06. The minimum atomic E-state index is -0.210. The molecule has 29 heavy (non-hydrogen) atoms. The molecule has 2 unspecified atom stereocenters. The number of methoxy groups -OCH3 is 1. The van der Waals surface area contributed by atoms with Crippen LogP contribution in [0.3, 0.4) is 0 Å². The van der Waals surface area contributed by atoms with E-state index in [1.807, 2.05) is 42.5 Å². The van der Waals surface area contributed by atoms with Gasteiger partial charge in [0.1, 0.15) is 11.5 Å². The largest absolute Gasteiger partial charge is 0.508 e. The number of halogens is 1. The maximum Gasteiger partial charge on any atom is 0.119 e. The molecule has 0 fully saturated rings.